The van der Waals surface area contributed by atoms with Gasteiger partial charge in [0, 0.05) is 30.1 Å². The minimum atomic E-state index is -4.66. The number of amides is 1. The monoisotopic (exact) mass is 545 g/mol. The molecule has 1 rings (SSSR count). The molecule has 0 unspecified atom stereocenters. The van der Waals surface area contributed by atoms with Gasteiger partial charge in [-0.1, -0.05) is 22.6 Å². The summed E-state index contributed by atoms with van der Waals surface area (Å²) < 4.78 is 15.4. The Kier molecular flexibility index (Phi) is 9.85. The van der Waals surface area contributed by atoms with Crippen LogP contribution in [0, 0.1) is 27.2 Å². The molecule has 0 saturated carbocycles. The number of hydrogen-bond donors (Lipinski definition) is 3. The summed E-state index contributed by atoms with van der Waals surface area (Å²) in [4.78, 5) is 52.5. The second-order valence-electron chi connectivity index (χ2n) is 5.45. The van der Waals surface area contributed by atoms with Crippen LogP contribution in [0.4, 0.5) is 17.1 Å². The number of benzene rings is 1. The maximum absolute atomic E-state index is 12.5. The van der Waals surface area contributed by atoms with Crippen molar-refractivity contribution in [3.05, 3.63) is 44.8 Å². The zero-order valence-corrected chi connectivity index (χ0v) is 18.1. The number of carbonyl (C=O) groups excluding carboxylic acids is 1. The van der Waals surface area contributed by atoms with E-state index >= 15 is 0 Å². The maximum Gasteiger partial charge on any atom is 0.469 e. The van der Waals surface area contributed by atoms with Crippen LogP contribution in [0.3, 0.4) is 0 Å². The Bertz CT molecular complexity index is 817. The minimum Gasteiger partial charge on any atom is -0.365 e. The first kappa shape index (κ1) is 25.2. The van der Waals surface area contributed by atoms with Crippen LogP contribution in [0.15, 0.2) is 12.1 Å². The molecule has 0 fully saturated rings. The molecule has 0 atom stereocenters. The molecule has 0 heterocycles. The first-order chi connectivity index (χ1) is 13.5. The first-order valence-corrected chi connectivity index (χ1v) is 11.1. The highest BCUT2D eigenvalue weighted by Crippen LogP contribution is 2.38. The molecule has 0 aliphatic carbocycles. The summed E-state index contributed by atoms with van der Waals surface area (Å²) in [7, 11) is -4.66. The van der Waals surface area contributed by atoms with Gasteiger partial charge in [0.15, 0.2) is 5.56 Å². The first-order valence-electron chi connectivity index (χ1n) is 8.07. The summed E-state index contributed by atoms with van der Waals surface area (Å²) in [6.07, 6.45) is -0.0298. The van der Waals surface area contributed by atoms with Crippen LogP contribution in [0.1, 0.15) is 16.8 Å². The smallest absolute Gasteiger partial charge is 0.365 e. The van der Waals surface area contributed by atoms with Gasteiger partial charge in [0.2, 0.25) is 0 Å². The van der Waals surface area contributed by atoms with Crippen LogP contribution >= 0.6 is 30.4 Å². The molecule has 29 heavy (non-hydrogen) atoms. The van der Waals surface area contributed by atoms with Gasteiger partial charge in [-0.2, -0.15) is 0 Å². The maximum atomic E-state index is 12.5. The van der Waals surface area contributed by atoms with Crippen molar-refractivity contribution in [2.45, 2.75) is 6.42 Å². The zero-order valence-electron chi connectivity index (χ0n) is 15.0. The number of nitro groups is 2. The van der Waals surface area contributed by atoms with Crippen LogP contribution < -0.4 is 10.2 Å². The van der Waals surface area contributed by atoms with Crippen molar-refractivity contribution < 1.29 is 33.5 Å². The summed E-state index contributed by atoms with van der Waals surface area (Å²) in [6.45, 7) is 3.65. The molecule has 1 aromatic rings. The molecule has 0 saturated heterocycles. The molecule has 0 spiro atoms. The predicted octanol–water partition coefficient (Wildman–Crippen LogP) is 1.81. The van der Waals surface area contributed by atoms with Crippen LogP contribution in [0.25, 0.3) is 0 Å². The van der Waals surface area contributed by atoms with Gasteiger partial charge in [0.05, 0.1) is 16.5 Å². The molecule has 0 bridgehead atoms. The third-order valence-electron chi connectivity index (χ3n) is 3.57. The number of nitro benzene ring substituents is 2. The highest BCUT2D eigenvalue weighted by Gasteiger charge is 2.35. The molecule has 0 aliphatic rings. The fraction of sp³-hybridized carbons (Fsp3) is 0.429. The number of anilines is 1. The Morgan fingerprint density at radius 3 is 2.45 bits per heavy atom. The molecule has 3 N–H and O–H groups in total. The fourth-order valence-corrected chi connectivity index (χ4v) is 3.34. The van der Waals surface area contributed by atoms with Crippen molar-refractivity contribution in [1.82, 2.24) is 5.32 Å². The summed E-state index contributed by atoms with van der Waals surface area (Å²) in [5.74, 6) is -1.06. The fourth-order valence-electron chi connectivity index (χ4n) is 2.39. The van der Waals surface area contributed by atoms with E-state index in [4.69, 9.17) is 9.79 Å². The van der Waals surface area contributed by atoms with Crippen molar-refractivity contribution >= 4 is 53.4 Å². The van der Waals surface area contributed by atoms with E-state index in [-0.39, 0.29) is 31.8 Å². The van der Waals surface area contributed by atoms with Crippen molar-refractivity contribution in [3.8, 4) is 0 Å². The van der Waals surface area contributed by atoms with Gasteiger partial charge in [-0.25, -0.2) is 4.57 Å². The van der Waals surface area contributed by atoms with E-state index in [1.54, 1.807) is 0 Å². The van der Waals surface area contributed by atoms with Gasteiger partial charge >= 0.3 is 13.5 Å². The summed E-state index contributed by atoms with van der Waals surface area (Å²) >= 11 is 2.06. The van der Waals surface area contributed by atoms with E-state index in [0.29, 0.717) is 11.0 Å². The lowest BCUT2D eigenvalue weighted by Gasteiger charge is -2.22. The topological polar surface area (TPSA) is 185 Å². The molecule has 13 nitrogen and oxygen atoms in total. The summed E-state index contributed by atoms with van der Waals surface area (Å²) in [6, 6.07) is 2.22. The molecule has 1 radical (unpaired) electrons. The molecular formula is C14H19IN4O9P. The number of carbonyl (C=O) groups is 1. The van der Waals surface area contributed by atoms with E-state index in [2.05, 4.69) is 39.4 Å². The molecule has 1 amide bonds. The lowest BCUT2D eigenvalue weighted by Crippen LogP contribution is -2.29. The molecular weight excluding hydrogens is 526 g/mol. The van der Waals surface area contributed by atoms with Crippen LogP contribution in [0.5, 0.6) is 0 Å². The van der Waals surface area contributed by atoms with E-state index in [9.17, 15) is 29.6 Å². The Labute approximate surface area is 179 Å². The predicted molar refractivity (Wildman–Crippen MR) is 111 cm³/mol. The third-order valence-corrected chi connectivity index (χ3v) is 4.57. The number of nitrogens with one attached hydrogen (secondary N) is 1. The van der Waals surface area contributed by atoms with Crippen molar-refractivity contribution in [3.63, 3.8) is 0 Å². The Hall–Kier alpha value is -1.87. The summed E-state index contributed by atoms with van der Waals surface area (Å²) in [5.41, 5.74) is -2.12. The highest BCUT2D eigenvalue weighted by molar-refractivity contribution is 14.1. The van der Waals surface area contributed by atoms with Gasteiger partial charge in [-0.05, 0) is 19.4 Å². The van der Waals surface area contributed by atoms with E-state index < -0.39 is 40.5 Å². The number of nitrogens with zero attached hydrogens (tertiary/aromatic N) is 3. The largest absolute Gasteiger partial charge is 0.469 e. The Morgan fingerprint density at radius 1 is 1.31 bits per heavy atom. The molecule has 161 valence electrons. The molecule has 0 aliphatic heterocycles. The molecule has 0 aromatic heterocycles. The number of hydrogen-bond acceptors (Lipinski definition) is 8. The van der Waals surface area contributed by atoms with E-state index in [0.717, 1.165) is 6.07 Å². The number of alkyl halides is 1. The quantitative estimate of drug-likeness (QED) is 0.0874. The average molecular weight is 545 g/mol. The normalized spacial score (nSPS) is 11.2. The summed E-state index contributed by atoms with van der Waals surface area (Å²) in [5, 5.41) is 25.3. The second-order valence-corrected chi connectivity index (χ2v) is 7.77. The lowest BCUT2D eigenvalue weighted by molar-refractivity contribution is -0.394. The number of rotatable bonds is 12. The van der Waals surface area contributed by atoms with Crippen LogP contribution in [-0.4, -0.2) is 56.2 Å². The van der Waals surface area contributed by atoms with E-state index in [1.165, 1.54) is 11.0 Å². The van der Waals surface area contributed by atoms with Gasteiger partial charge in [-0.15, -0.1) is 0 Å². The average Bonchev–Trinajstić information content (AvgIpc) is 2.63. The van der Waals surface area contributed by atoms with Crippen molar-refractivity contribution in [1.29, 1.82) is 0 Å². The Balaban J connectivity index is 3.23. The van der Waals surface area contributed by atoms with E-state index in [1.807, 2.05) is 0 Å². The number of halogens is 1. The van der Waals surface area contributed by atoms with Crippen LogP contribution in [0.2, 0.25) is 0 Å². The SMILES string of the molecule is [CH2]CN(CCI)c1ccc([N+](=O)[O-])c(C(=O)NCCCOP(=O)(O)O)c1[N+](=O)[O-]. The van der Waals surface area contributed by atoms with Gasteiger partial charge in [0.1, 0.15) is 5.69 Å². The van der Waals surface area contributed by atoms with Crippen molar-refractivity contribution in [2.24, 2.45) is 0 Å². The van der Waals surface area contributed by atoms with Crippen molar-refractivity contribution in [2.75, 3.05) is 35.6 Å². The van der Waals surface area contributed by atoms with Gasteiger partial charge in [-0.3, -0.25) is 29.5 Å². The molecule has 15 heteroatoms. The van der Waals surface area contributed by atoms with Gasteiger partial charge < -0.3 is 20.0 Å². The minimum absolute atomic E-state index is 0.0298. The zero-order chi connectivity index (χ0) is 22.2. The number of phosphoric acid groups is 1. The van der Waals surface area contributed by atoms with Gasteiger partial charge in [0.25, 0.3) is 11.6 Å². The second kappa shape index (κ2) is 11.3. The third kappa shape index (κ3) is 7.47. The number of phosphoric ester groups is 1. The Morgan fingerprint density at radius 2 is 1.97 bits per heavy atom. The van der Waals surface area contributed by atoms with Crippen LogP contribution in [-0.2, 0) is 9.09 Å². The molecule has 1 aromatic carbocycles. The highest BCUT2D eigenvalue weighted by atomic mass is 127. The standard InChI is InChI=1S/C14H19IN4O9P/c1-2-17(8-6-15)11-5-4-10(18(21)22)12(13(11)19(23)24)14(20)16-7-3-9-28-29(25,26)27/h4-5H,1-3,6-9H2,(H,16,20)(H2,25,26,27). The lowest BCUT2D eigenvalue weighted by atomic mass is 10.1.